The average Bonchev–Trinajstić information content (AvgIpc) is 2.02. The summed E-state index contributed by atoms with van der Waals surface area (Å²) in [6.07, 6.45) is -0.673. The predicted molar refractivity (Wildman–Crippen MR) is 52.3 cm³/mol. The molecule has 0 aliphatic rings. The zero-order valence-corrected chi connectivity index (χ0v) is 8.56. The topological polar surface area (TPSA) is 106 Å². The second-order valence-corrected chi connectivity index (χ2v) is 3.85. The van der Waals surface area contributed by atoms with Crippen molar-refractivity contribution in [1.82, 2.24) is 0 Å². The number of carbonyl (C=O) groups excluding carboxylic acids is 2. The lowest BCUT2D eigenvalue weighted by Gasteiger charge is -2.19. The number of Topliss-reactive ketones (excluding diaryl/α,β-unsaturated/α-hetero) is 1. The Morgan fingerprint density at radius 1 is 1.36 bits per heavy atom. The molecular weight excluding hydrogens is 184 g/mol. The molecule has 0 aliphatic heterocycles. The summed E-state index contributed by atoms with van der Waals surface area (Å²) in [7, 11) is 0. The lowest BCUT2D eigenvalue weighted by Crippen LogP contribution is -2.39. The van der Waals surface area contributed by atoms with Gasteiger partial charge in [0.05, 0.1) is 6.10 Å². The van der Waals surface area contributed by atoms with Gasteiger partial charge in [-0.3, -0.25) is 9.59 Å². The van der Waals surface area contributed by atoms with Gasteiger partial charge < -0.3 is 16.6 Å². The Labute approximate surface area is 83.5 Å². The van der Waals surface area contributed by atoms with Crippen LogP contribution in [0.1, 0.15) is 26.7 Å². The molecule has 14 heavy (non-hydrogen) atoms. The molecule has 1 amide bonds. The lowest BCUT2D eigenvalue weighted by molar-refractivity contribution is -0.137. The molecule has 0 aromatic rings. The molecular formula is C9H18N2O3. The molecule has 0 aliphatic carbocycles. The zero-order valence-electron chi connectivity index (χ0n) is 8.56. The number of amides is 1. The van der Waals surface area contributed by atoms with Gasteiger partial charge in [0.2, 0.25) is 5.78 Å². The highest BCUT2D eigenvalue weighted by Gasteiger charge is 2.21. The highest BCUT2D eigenvalue weighted by atomic mass is 16.3. The van der Waals surface area contributed by atoms with Crippen molar-refractivity contribution in [2.75, 3.05) is 0 Å². The third kappa shape index (κ3) is 4.94. The van der Waals surface area contributed by atoms with Crippen molar-refractivity contribution in [2.45, 2.75) is 38.8 Å². The maximum atomic E-state index is 10.9. The first kappa shape index (κ1) is 13.1. The van der Waals surface area contributed by atoms with Crippen LogP contribution in [0.4, 0.5) is 0 Å². The maximum absolute atomic E-state index is 10.9. The van der Waals surface area contributed by atoms with Gasteiger partial charge in [-0.05, 0) is 12.3 Å². The highest BCUT2D eigenvalue weighted by molar-refractivity contribution is 6.35. The van der Waals surface area contributed by atoms with Gasteiger partial charge >= 0.3 is 0 Å². The fraction of sp³-hybridized carbons (Fsp3) is 0.778. The number of rotatable bonds is 6. The summed E-state index contributed by atoms with van der Waals surface area (Å²) in [5.41, 5.74) is 10.4. The largest absolute Gasteiger partial charge is 0.391 e. The second-order valence-electron chi connectivity index (χ2n) is 3.85. The molecule has 0 unspecified atom stereocenters. The van der Waals surface area contributed by atoms with Crippen LogP contribution in [0.25, 0.3) is 0 Å². The van der Waals surface area contributed by atoms with Crippen molar-refractivity contribution in [3.05, 3.63) is 0 Å². The molecule has 0 aromatic carbocycles. The van der Waals surface area contributed by atoms with Crippen molar-refractivity contribution in [3.8, 4) is 0 Å². The number of nitrogens with two attached hydrogens (primary N) is 2. The summed E-state index contributed by atoms with van der Waals surface area (Å²) in [5.74, 6) is -1.47. The fourth-order valence-corrected chi connectivity index (χ4v) is 1.14. The fourth-order valence-electron chi connectivity index (χ4n) is 1.14. The van der Waals surface area contributed by atoms with Crippen molar-refractivity contribution >= 4 is 11.7 Å². The molecule has 0 saturated heterocycles. The first-order valence-electron chi connectivity index (χ1n) is 4.60. The summed E-state index contributed by atoms with van der Waals surface area (Å²) in [4.78, 5) is 21.3. The predicted octanol–water partition coefficient (Wildman–Crippen LogP) is -0.835. The van der Waals surface area contributed by atoms with E-state index in [0.717, 1.165) is 0 Å². The Balaban J connectivity index is 4.00. The maximum Gasteiger partial charge on any atom is 0.284 e. The summed E-state index contributed by atoms with van der Waals surface area (Å²) in [6, 6.07) is -0.488. The Kier molecular flexibility index (Phi) is 5.34. The van der Waals surface area contributed by atoms with Gasteiger partial charge in [-0.2, -0.15) is 0 Å². The van der Waals surface area contributed by atoms with Crippen LogP contribution in [0.2, 0.25) is 0 Å². The van der Waals surface area contributed by atoms with Crippen LogP contribution in [-0.4, -0.2) is 28.9 Å². The molecule has 0 spiro atoms. The molecule has 0 rings (SSSR count). The molecule has 0 bridgehead atoms. The summed E-state index contributed by atoms with van der Waals surface area (Å²) in [6.45, 7) is 3.92. The molecule has 0 radical (unpaired) electrons. The van der Waals surface area contributed by atoms with Gasteiger partial charge in [-0.1, -0.05) is 13.8 Å². The normalized spacial score (nSPS) is 15.2. The first-order chi connectivity index (χ1) is 6.34. The van der Waals surface area contributed by atoms with Crippen LogP contribution in [0, 0.1) is 5.92 Å². The third-order valence-corrected chi connectivity index (χ3v) is 1.91. The second kappa shape index (κ2) is 5.72. The van der Waals surface area contributed by atoms with Crippen LogP contribution in [0.3, 0.4) is 0 Å². The molecule has 82 valence electrons. The van der Waals surface area contributed by atoms with E-state index in [-0.39, 0.29) is 6.42 Å². The lowest BCUT2D eigenvalue weighted by atomic mass is 9.97. The highest BCUT2D eigenvalue weighted by Crippen LogP contribution is 2.08. The zero-order chi connectivity index (χ0) is 11.3. The van der Waals surface area contributed by atoms with E-state index in [2.05, 4.69) is 0 Å². The van der Waals surface area contributed by atoms with Gasteiger partial charge in [0.1, 0.15) is 0 Å². The Hall–Kier alpha value is -0.940. The number of aliphatic hydroxyl groups is 1. The summed E-state index contributed by atoms with van der Waals surface area (Å²) in [5, 5.41) is 9.43. The third-order valence-electron chi connectivity index (χ3n) is 1.91. The monoisotopic (exact) mass is 202 g/mol. The van der Waals surface area contributed by atoms with Crippen molar-refractivity contribution in [1.29, 1.82) is 0 Å². The van der Waals surface area contributed by atoms with Crippen molar-refractivity contribution < 1.29 is 14.7 Å². The number of aliphatic hydroxyl groups excluding tert-OH is 1. The van der Waals surface area contributed by atoms with Crippen LogP contribution in [0.5, 0.6) is 0 Å². The molecule has 5 heteroatoms. The van der Waals surface area contributed by atoms with Gasteiger partial charge in [0.15, 0.2) is 0 Å². The van der Waals surface area contributed by atoms with E-state index in [1.54, 1.807) is 0 Å². The molecule has 2 atom stereocenters. The van der Waals surface area contributed by atoms with E-state index in [1.807, 2.05) is 13.8 Å². The molecule has 0 fully saturated rings. The number of carbonyl (C=O) groups is 2. The molecule has 0 aromatic heterocycles. The minimum Gasteiger partial charge on any atom is -0.391 e. The SMILES string of the molecule is CC(C)C[C@H](N)[C@@H](O)CC(=O)C(N)=O. The van der Waals surface area contributed by atoms with Crippen molar-refractivity contribution in [2.24, 2.45) is 17.4 Å². The number of ketones is 1. The average molecular weight is 202 g/mol. The van der Waals surface area contributed by atoms with Gasteiger partial charge in [0, 0.05) is 12.5 Å². The van der Waals surface area contributed by atoms with Gasteiger partial charge in [-0.15, -0.1) is 0 Å². The van der Waals surface area contributed by atoms with Crippen LogP contribution >= 0.6 is 0 Å². The van der Waals surface area contributed by atoms with E-state index in [9.17, 15) is 14.7 Å². The summed E-state index contributed by atoms with van der Waals surface area (Å²) < 4.78 is 0. The minimum absolute atomic E-state index is 0.288. The van der Waals surface area contributed by atoms with E-state index in [1.165, 1.54) is 0 Å². The molecule has 0 heterocycles. The molecule has 5 N–H and O–H groups in total. The van der Waals surface area contributed by atoms with E-state index in [0.29, 0.717) is 12.3 Å². The Bertz CT molecular complexity index is 216. The van der Waals surface area contributed by atoms with Crippen LogP contribution < -0.4 is 11.5 Å². The van der Waals surface area contributed by atoms with E-state index >= 15 is 0 Å². The molecule has 0 saturated carbocycles. The Morgan fingerprint density at radius 2 is 1.86 bits per heavy atom. The first-order valence-corrected chi connectivity index (χ1v) is 4.60. The van der Waals surface area contributed by atoms with E-state index < -0.39 is 23.8 Å². The smallest absolute Gasteiger partial charge is 0.284 e. The number of hydrogen-bond donors (Lipinski definition) is 3. The number of primary amides is 1. The number of hydrogen-bond acceptors (Lipinski definition) is 4. The standard InChI is InChI=1S/C9H18N2O3/c1-5(2)3-6(10)7(12)4-8(13)9(11)14/h5-7,12H,3-4,10H2,1-2H3,(H2,11,14)/t6-,7-/m0/s1. The van der Waals surface area contributed by atoms with Gasteiger partial charge in [0.25, 0.3) is 5.91 Å². The van der Waals surface area contributed by atoms with Gasteiger partial charge in [-0.25, -0.2) is 0 Å². The quantitative estimate of drug-likeness (QED) is 0.488. The molecule has 5 nitrogen and oxygen atoms in total. The summed E-state index contributed by atoms with van der Waals surface area (Å²) >= 11 is 0. The van der Waals surface area contributed by atoms with E-state index in [4.69, 9.17) is 11.5 Å². The van der Waals surface area contributed by atoms with Crippen molar-refractivity contribution in [3.63, 3.8) is 0 Å². The van der Waals surface area contributed by atoms with Crippen LogP contribution in [-0.2, 0) is 9.59 Å². The Morgan fingerprint density at radius 3 is 2.21 bits per heavy atom. The minimum atomic E-state index is -1.03. The van der Waals surface area contributed by atoms with Crippen LogP contribution in [0.15, 0.2) is 0 Å².